The number of non-ortho nitro benzene ring substituents is 1. The van der Waals surface area contributed by atoms with Gasteiger partial charge in [-0.25, -0.2) is 9.10 Å². The number of rotatable bonds is 10. The lowest BCUT2D eigenvalue weighted by atomic mass is 10.3. The average Bonchev–Trinajstić information content (AvgIpc) is 2.71. The maximum atomic E-state index is 12.8. The lowest BCUT2D eigenvalue weighted by molar-refractivity contribution is -0.387. The fourth-order valence-corrected chi connectivity index (χ4v) is 4.14. The maximum absolute atomic E-state index is 12.8. The van der Waals surface area contributed by atoms with Crippen molar-refractivity contribution in [3.05, 3.63) is 68.8 Å². The summed E-state index contributed by atoms with van der Waals surface area (Å²) < 4.78 is 9.33. The molecule has 2 aromatic carbocycles. The molecule has 1 amide bonds. The van der Waals surface area contributed by atoms with E-state index in [0.29, 0.717) is 4.90 Å². The molecule has 0 aliphatic carbocycles. The molecule has 11 nitrogen and oxygen atoms in total. The molecule has 0 spiro atoms. The summed E-state index contributed by atoms with van der Waals surface area (Å²) in [7, 11) is 1.57. The first-order chi connectivity index (χ1) is 14.7. The molecule has 2 aromatic rings. The minimum atomic E-state index is -0.906. The average molecular weight is 466 g/mol. The minimum Gasteiger partial charge on any atom is -0.425 e. The minimum absolute atomic E-state index is 0.0928. The van der Waals surface area contributed by atoms with Gasteiger partial charge in [-0.3, -0.25) is 25.0 Å². The van der Waals surface area contributed by atoms with Crippen molar-refractivity contribution in [2.75, 3.05) is 12.8 Å². The Balaban J connectivity index is 2.18. The highest BCUT2D eigenvalue weighted by molar-refractivity contribution is 7.98. The van der Waals surface area contributed by atoms with Crippen molar-refractivity contribution in [2.24, 2.45) is 0 Å². The molecule has 1 N–H and O–H groups in total. The van der Waals surface area contributed by atoms with Crippen LogP contribution in [0.1, 0.15) is 6.92 Å². The number of likely N-dealkylation sites (N-methyl/N-ethyl adjacent to an activating group) is 1. The van der Waals surface area contributed by atoms with Gasteiger partial charge in [0, 0.05) is 30.9 Å². The van der Waals surface area contributed by atoms with Gasteiger partial charge in [-0.15, -0.1) is 0 Å². The summed E-state index contributed by atoms with van der Waals surface area (Å²) in [6.07, 6.45) is 0. The van der Waals surface area contributed by atoms with Crippen LogP contribution >= 0.6 is 23.9 Å². The van der Waals surface area contributed by atoms with Gasteiger partial charge < -0.3 is 9.46 Å². The smallest absolute Gasteiger partial charge is 0.330 e. The molecule has 0 radical (unpaired) electrons. The Morgan fingerprint density at radius 3 is 2.32 bits per heavy atom. The Morgan fingerprint density at radius 2 is 1.74 bits per heavy atom. The molecule has 0 aliphatic heterocycles. The predicted octanol–water partition coefficient (Wildman–Crippen LogP) is 3.20. The number of benzene rings is 2. The second kappa shape index (κ2) is 11.3. The Morgan fingerprint density at radius 1 is 1.10 bits per heavy atom. The number of nitrogens with zero attached hydrogens (tertiary/aromatic N) is 3. The molecule has 2 rings (SSSR count). The van der Waals surface area contributed by atoms with Crippen LogP contribution in [-0.4, -0.2) is 44.9 Å². The molecule has 0 aliphatic rings. The highest BCUT2D eigenvalue weighted by Gasteiger charge is 2.28. The molecular formula is C18H18N4O7S2. The van der Waals surface area contributed by atoms with Crippen molar-refractivity contribution in [3.63, 3.8) is 0 Å². The van der Waals surface area contributed by atoms with Crippen molar-refractivity contribution >= 4 is 47.1 Å². The van der Waals surface area contributed by atoms with Gasteiger partial charge in [0.25, 0.3) is 11.4 Å². The van der Waals surface area contributed by atoms with Crippen LogP contribution in [0.25, 0.3) is 0 Å². The van der Waals surface area contributed by atoms with Crippen molar-refractivity contribution in [1.29, 1.82) is 0 Å². The molecule has 13 heteroatoms. The number of para-hydroxylation sites is 1. The summed E-state index contributed by atoms with van der Waals surface area (Å²) in [5, 5.41) is 22.0. The number of amides is 1. The van der Waals surface area contributed by atoms with E-state index in [9.17, 15) is 29.8 Å². The van der Waals surface area contributed by atoms with Gasteiger partial charge in [-0.05, 0) is 49.1 Å². The first kappa shape index (κ1) is 24.1. The largest absolute Gasteiger partial charge is 0.425 e. The Kier molecular flexibility index (Phi) is 8.78. The van der Waals surface area contributed by atoms with Crippen molar-refractivity contribution in [1.82, 2.24) is 9.03 Å². The predicted molar refractivity (Wildman–Crippen MR) is 116 cm³/mol. The van der Waals surface area contributed by atoms with Gasteiger partial charge in [-0.1, -0.05) is 12.1 Å². The molecule has 0 saturated heterocycles. The number of hydrogen-bond acceptors (Lipinski definition) is 10. The van der Waals surface area contributed by atoms with Crippen LogP contribution in [0.5, 0.6) is 5.75 Å². The quantitative estimate of drug-likeness (QED) is 0.182. The molecule has 0 fully saturated rings. The Labute approximate surface area is 185 Å². The van der Waals surface area contributed by atoms with E-state index in [-0.39, 0.29) is 28.8 Å². The molecule has 0 bridgehead atoms. The standard InChI is InChI=1S/C18H18N4O7S2/c1-12(23)19-30-11-16(18(24)29-14-9-7-13(8-10-14)21(25)26)20(2)31-17-6-4-3-5-15(17)22(27)28/h3-10,16H,11H2,1-2H3,(H,19,23)/t16-/m0/s1. The molecule has 0 unspecified atom stereocenters. The lowest BCUT2D eigenvalue weighted by Gasteiger charge is -2.24. The van der Waals surface area contributed by atoms with Crippen molar-refractivity contribution in [3.8, 4) is 5.75 Å². The van der Waals surface area contributed by atoms with Crippen LogP contribution in [0.4, 0.5) is 11.4 Å². The van der Waals surface area contributed by atoms with E-state index in [1.807, 2.05) is 0 Å². The maximum Gasteiger partial charge on any atom is 0.330 e. The third-order valence-corrected chi connectivity index (χ3v) is 5.74. The summed E-state index contributed by atoms with van der Waals surface area (Å²) in [6, 6.07) is 10.2. The lowest BCUT2D eigenvalue weighted by Crippen LogP contribution is -2.40. The van der Waals surface area contributed by atoms with Gasteiger partial charge in [0.15, 0.2) is 0 Å². The first-order valence-corrected chi connectivity index (χ1v) is 10.4. The number of ether oxygens (including phenoxy) is 1. The number of nitro groups is 2. The molecule has 0 saturated carbocycles. The van der Waals surface area contributed by atoms with E-state index in [2.05, 4.69) is 4.72 Å². The highest BCUT2D eigenvalue weighted by Crippen LogP contribution is 2.32. The Hall–Kier alpha value is -3.16. The van der Waals surface area contributed by atoms with Crippen LogP contribution < -0.4 is 9.46 Å². The molecule has 0 heterocycles. The molecular weight excluding hydrogens is 448 g/mol. The van der Waals surface area contributed by atoms with Crippen LogP contribution in [-0.2, 0) is 9.59 Å². The van der Waals surface area contributed by atoms with Gasteiger partial charge in [0.1, 0.15) is 16.7 Å². The number of nitro benzene ring substituents is 2. The zero-order valence-corrected chi connectivity index (χ0v) is 18.1. The first-order valence-electron chi connectivity index (χ1n) is 8.67. The van der Waals surface area contributed by atoms with Gasteiger partial charge in [-0.2, -0.15) is 0 Å². The van der Waals surface area contributed by atoms with Crippen molar-refractivity contribution in [2.45, 2.75) is 17.9 Å². The summed E-state index contributed by atoms with van der Waals surface area (Å²) in [5.74, 6) is -0.800. The van der Waals surface area contributed by atoms with Gasteiger partial charge in [0.05, 0.1) is 9.85 Å². The second-order valence-electron chi connectivity index (χ2n) is 6.02. The fraction of sp³-hybridized carbons (Fsp3) is 0.222. The van der Waals surface area contributed by atoms with Crippen LogP contribution in [0, 0.1) is 20.2 Å². The van der Waals surface area contributed by atoms with E-state index >= 15 is 0 Å². The van der Waals surface area contributed by atoms with Crippen LogP contribution in [0.2, 0.25) is 0 Å². The summed E-state index contributed by atoms with van der Waals surface area (Å²) >= 11 is 1.97. The van der Waals surface area contributed by atoms with E-state index in [0.717, 1.165) is 23.9 Å². The SMILES string of the molecule is CC(=O)NSC[C@@H](C(=O)Oc1ccc([N+](=O)[O-])cc1)N(C)Sc1ccccc1[N+](=O)[O-]. The van der Waals surface area contributed by atoms with E-state index in [4.69, 9.17) is 4.74 Å². The van der Waals surface area contributed by atoms with Crippen molar-refractivity contribution < 1.29 is 24.2 Å². The summed E-state index contributed by atoms with van der Waals surface area (Å²) in [4.78, 5) is 45.2. The molecule has 1 atom stereocenters. The molecule has 164 valence electrons. The highest BCUT2D eigenvalue weighted by atomic mass is 32.2. The second-order valence-corrected chi connectivity index (χ2v) is 8.04. The topological polar surface area (TPSA) is 145 Å². The van der Waals surface area contributed by atoms with Crippen LogP contribution in [0.15, 0.2) is 53.4 Å². The summed E-state index contributed by atoms with van der Waals surface area (Å²) in [5.41, 5.74) is -0.266. The van der Waals surface area contributed by atoms with E-state index in [1.54, 1.807) is 19.2 Å². The zero-order chi connectivity index (χ0) is 23.0. The Bertz CT molecular complexity index is 972. The zero-order valence-electron chi connectivity index (χ0n) is 16.4. The third kappa shape index (κ3) is 7.24. The normalized spacial score (nSPS) is 11.6. The number of carbonyl (C=O) groups is 2. The molecule has 0 aromatic heterocycles. The number of carbonyl (C=O) groups excluding carboxylic acids is 2. The van der Waals surface area contributed by atoms with Crippen LogP contribution in [0.3, 0.4) is 0 Å². The van der Waals surface area contributed by atoms with E-state index in [1.165, 1.54) is 47.6 Å². The van der Waals surface area contributed by atoms with E-state index < -0.39 is 21.9 Å². The molecule has 31 heavy (non-hydrogen) atoms. The van der Waals surface area contributed by atoms with Gasteiger partial charge >= 0.3 is 5.97 Å². The number of nitrogens with one attached hydrogen (secondary N) is 1. The monoisotopic (exact) mass is 466 g/mol. The summed E-state index contributed by atoms with van der Waals surface area (Å²) in [6.45, 7) is 1.32. The van der Waals surface area contributed by atoms with Gasteiger partial charge in [0.2, 0.25) is 5.91 Å². The number of hydrogen-bond donors (Lipinski definition) is 1. The fourth-order valence-electron chi connectivity index (χ4n) is 2.27. The number of esters is 1. The third-order valence-electron chi connectivity index (χ3n) is 3.74.